The Morgan fingerprint density at radius 2 is 1.88 bits per heavy atom. The SMILES string of the molecule is Cc1ccc(NC(=O)Cn2ncc(-c3ccc(Cl)cc3)nc2=O)cc1Cl. The normalized spacial score (nSPS) is 10.6. The molecule has 132 valence electrons. The number of hydrogen-bond acceptors (Lipinski definition) is 4. The van der Waals surface area contributed by atoms with E-state index in [1.807, 2.05) is 6.92 Å². The number of carbonyl (C=O) groups is 1. The van der Waals surface area contributed by atoms with E-state index in [0.29, 0.717) is 27.0 Å². The third-order valence-corrected chi connectivity index (χ3v) is 4.30. The number of hydrogen-bond donors (Lipinski definition) is 1. The Kier molecular flexibility index (Phi) is 5.35. The average molecular weight is 389 g/mol. The van der Waals surface area contributed by atoms with Gasteiger partial charge in [-0.05, 0) is 36.8 Å². The Morgan fingerprint density at radius 1 is 1.15 bits per heavy atom. The number of anilines is 1. The smallest absolute Gasteiger partial charge is 0.324 e. The van der Waals surface area contributed by atoms with Crippen LogP contribution in [0.15, 0.2) is 53.5 Å². The van der Waals surface area contributed by atoms with E-state index in [-0.39, 0.29) is 6.54 Å². The van der Waals surface area contributed by atoms with Crippen LogP contribution in [0.3, 0.4) is 0 Å². The lowest BCUT2D eigenvalue weighted by atomic mass is 10.2. The van der Waals surface area contributed by atoms with Crippen LogP contribution in [0.4, 0.5) is 5.69 Å². The minimum Gasteiger partial charge on any atom is -0.324 e. The number of rotatable bonds is 4. The van der Waals surface area contributed by atoms with E-state index in [1.165, 1.54) is 6.20 Å². The Balaban J connectivity index is 1.73. The fourth-order valence-corrected chi connectivity index (χ4v) is 2.55. The monoisotopic (exact) mass is 388 g/mol. The molecule has 0 radical (unpaired) electrons. The molecule has 0 aliphatic rings. The first-order chi connectivity index (χ1) is 12.4. The van der Waals surface area contributed by atoms with E-state index >= 15 is 0 Å². The molecule has 3 aromatic rings. The van der Waals surface area contributed by atoms with Gasteiger partial charge in [-0.15, -0.1) is 0 Å². The van der Waals surface area contributed by atoms with Crippen LogP contribution in [-0.4, -0.2) is 20.7 Å². The van der Waals surface area contributed by atoms with Crippen molar-refractivity contribution in [3.8, 4) is 11.3 Å². The third kappa shape index (κ3) is 4.28. The van der Waals surface area contributed by atoms with Gasteiger partial charge >= 0.3 is 5.69 Å². The summed E-state index contributed by atoms with van der Waals surface area (Å²) in [5.74, 6) is -0.402. The summed E-state index contributed by atoms with van der Waals surface area (Å²) in [7, 11) is 0. The van der Waals surface area contributed by atoms with Gasteiger partial charge in [0.2, 0.25) is 5.91 Å². The predicted octanol–water partition coefficient (Wildman–Crippen LogP) is 3.56. The van der Waals surface area contributed by atoms with Gasteiger partial charge in [-0.2, -0.15) is 10.1 Å². The van der Waals surface area contributed by atoms with Crippen molar-refractivity contribution in [1.82, 2.24) is 14.8 Å². The highest BCUT2D eigenvalue weighted by atomic mass is 35.5. The second kappa shape index (κ2) is 7.68. The molecular weight excluding hydrogens is 375 g/mol. The van der Waals surface area contributed by atoms with E-state index < -0.39 is 11.6 Å². The first-order valence-electron chi connectivity index (χ1n) is 7.68. The molecule has 0 atom stereocenters. The molecule has 0 bridgehead atoms. The van der Waals surface area contributed by atoms with Crippen molar-refractivity contribution < 1.29 is 4.79 Å². The molecule has 6 nitrogen and oxygen atoms in total. The molecule has 0 fully saturated rings. The maximum atomic E-state index is 12.1. The van der Waals surface area contributed by atoms with Gasteiger partial charge in [-0.25, -0.2) is 9.48 Å². The Bertz CT molecular complexity index is 1020. The summed E-state index contributed by atoms with van der Waals surface area (Å²) in [6.45, 7) is 1.61. The molecule has 0 unspecified atom stereocenters. The molecule has 3 rings (SSSR count). The number of aromatic nitrogens is 3. The zero-order valence-electron chi connectivity index (χ0n) is 13.7. The van der Waals surface area contributed by atoms with Crippen molar-refractivity contribution in [2.75, 3.05) is 5.32 Å². The molecule has 26 heavy (non-hydrogen) atoms. The third-order valence-electron chi connectivity index (χ3n) is 3.65. The molecule has 1 N–H and O–H groups in total. The molecule has 0 spiro atoms. The van der Waals surface area contributed by atoms with Crippen molar-refractivity contribution in [2.45, 2.75) is 13.5 Å². The van der Waals surface area contributed by atoms with Gasteiger partial charge in [0.05, 0.1) is 11.9 Å². The van der Waals surface area contributed by atoms with Crippen LogP contribution >= 0.6 is 23.2 Å². The predicted molar refractivity (Wildman–Crippen MR) is 102 cm³/mol. The highest BCUT2D eigenvalue weighted by Gasteiger charge is 2.09. The molecule has 1 amide bonds. The van der Waals surface area contributed by atoms with Gasteiger partial charge in [0, 0.05) is 21.3 Å². The summed E-state index contributed by atoms with van der Waals surface area (Å²) in [5.41, 5.74) is 1.96. The van der Waals surface area contributed by atoms with Crippen LogP contribution in [0.1, 0.15) is 5.56 Å². The largest absolute Gasteiger partial charge is 0.365 e. The number of aryl methyl sites for hydroxylation is 1. The summed E-state index contributed by atoms with van der Waals surface area (Å²) in [6.07, 6.45) is 1.43. The molecule has 0 saturated heterocycles. The molecular formula is C18H14Cl2N4O2. The topological polar surface area (TPSA) is 76.9 Å². The van der Waals surface area contributed by atoms with Gasteiger partial charge in [0.15, 0.2) is 0 Å². The Morgan fingerprint density at radius 3 is 2.54 bits per heavy atom. The van der Waals surface area contributed by atoms with Crippen LogP contribution in [0.5, 0.6) is 0 Å². The zero-order chi connectivity index (χ0) is 18.7. The van der Waals surface area contributed by atoms with Crippen LogP contribution in [0.25, 0.3) is 11.3 Å². The lowest BCUT2D eigenvalue weighted by molar-refractivity contribution is -0.117. The minimum absolute atomic E-state index is 0.252. The van der Waals surface area contributed by atoms with Gasteiger partial charge in [-0.3, -0.25) is 4.79 Å². The lowest BCUT2D eigenvalue weighted by Crippen LogP contribution is -2.31. The summed E-state index contributed by atoms with van der Waals surface area (Å²) < 4.78 is 0.991. The van der Waals surface area contributed by atoms with Crippen molar-refractivity contribution in [2.24, 2.45) is 0 Å². The van der Waals surface area contributed by atoms with Crippen LogP contribution in [0, 0.1) is 6.92 Å². The zero-order valence-corrected chi connectivity index (χ0v) is 15.3. The molecule has 2 aromatic carbocycles. The van der Waals surface area contributed by atoms with E-state index in [0.717, 1.165) is 10.2 Å². The van der Waals surface area contributed by atoms with Gasteiger partial charge in [0.25, 0.3) is 0 Å². The molecule has 0 saturated carbocycles. The van der Waals surface area contributed by atoms with Gasteiger partial charge in [0.1, 0.15) is 6.54 Å². The quantitative estimate of drug-likeness (QED) is 0.740. The number of amides is 1. The molecule has 0 aliphatic carbocycles. The lowest BCUT2D eigenvalue weighted by Gasteiger charge is -2.08. The van der Waals surface area contributed by atoms with E-state index in [1.54, 1.807) is 42.5 Å². The number of halogens is 2. The molecule has 0 aliphatic heterocycles. The van der Waals surface area contributed by atoms with Crippen molar-refractivity contribution >= 4 is 34.8 Å². The van der Waals surface area contributed by atoms with E-state index in [4.69, 9.17) is 23.2 Å². The maximum Gasteiger partial charge on any atom is 0.365 e. The highest BCUT2D eigenvalue weighted by Crippen LogP contribution is 2.20. The summed E-state index contributed by atoms with van der Waals surface area (Å²) in [6, 6.07) is 12.1. The molecule has 1 heterocycles. The second-order valence-corrected chi connectivity index (χ2v) is 6.44. The number of nitrogens with one attached hydrogen (secondary N) is 1. The fraction of sp³-hybridized carbons (Fsp3) is 0.111. The van der Waals surface area contributed by atoms with E-state index in [2.05, 4.69) is 15.4 Å². The average Bonchev–Trinajstić information content (AvgIpc) is 2.60. The van der Waals surface area contributed by atoms with Crippen molar-refractivity contribution in [3.05, 3.63) is 74.8 Å². The second-order valence-electron chi connectivity index (χ2n) is 5.60. The maximum absolute atomic E-state index is 12.1. The molecule has 1 aromatic heterocycles. The first kappa shape index (κ1) is 18.1. The van der Waals surface area contributed by atoms with Crippen LogP contribution in [-0.2, 0) is 11.3 Å². The van der Waals surface area contributed by atoms with Crippen molar-refractivity contribution in [1.29, 1.82) is 0 Å². The fourth-order valence-electron chi connectivity index (χ4n) is 2.24. The number of benzene rings is 2. The number of nitrogens with zero attached hydrogens (tertiary/aromatic N) is 3. The standard InChI is InChI=1S/C18H14Cl2N4O2/c1-11-2-7-14(8-15(11)20)22-17(25)10-24-18(26)23-16(9-21-24)12-3-5-13(19)6-4-12/h2-9H,10H2,1H3,(H,22,25). The van der Waals surface area contributed by atoms with Crippen LogP contribution in [0.2, 0.25) is 10.0 Å². The Labute approximate surface area is 159 Å². The summed E-state index contributed by atoms with van der Waals surface area (Å²) in [5, 5.41) is 7.82. The van der Waals surface area contributed by atoms with Crippen molar-refractivity contribution in [3.63, 3.8) is 0 Å². The highest BCUT2D eigenvalue weighted by molar-refractivity contribution is 6.31. The first-order valence-corrected chi connectivity index (χ1v) is 8.44. The molecule has 8 heteroatoms. The van der Waals surface area contributed by atoms with E-state index in [9.17, 15) is 9.59 Å². The summed E-state index contributed by atoms with van der Waals surface area (Å²) in [4.78, 5) is 28.2. The Hall–Kier alpha value is -2.70. The number of carbonyl (C=O) groups excluding carboxylic acids is 1. The van der Waals surface area contributed by atoms with Crippen LogP contribution < -0.4 is 11.0 Å². The summed E-state index contributed by atoms with van der Waals surface area (Å²) >= 11 is 11.9. The van der Waals surface area contributed by atoms with Gasteiger partial charge in [-0.1, -0.05) is 41.4 Å². The van der Waals surface area contributed by atoms with Gasteiger partial charge < -0.3 is 5.32 Å². The minimum atomic E-state index is -0.616.